The summed E-state index contributed by atoms with van der Waals surface area (Å²) in [7, 11) is 0. The van der Waals surface area contributed by atoms with Gasteiger partial charge in [-0.05, 0) is 31.0 Å². The van der Waals surface area contributed by atoms with E-state index in [2.05, 4.69) is 16.7 Å². The van der Waals surface area contributed by atoms with Gasteiger partial charge in [-0.3, -0.25) is 9.59 Å². The first kappa shape index (κ1) is 19.7. The van der Waals surface area contributed by atoms with Gasteiger partial charge in [-0.1, -0.05) is 59.8 Å². The Balaban J connectivity index is 1.74. The topological polar surface area (TPSA) is 82.0 Å². The smallest absolute Gasteiger partial charge is 0.234 e. The Bertz CT molecular complexity index is 977. The summed E-state index contributed by atoms with van der Waals surface area (Å²) < 4.78 is 0. The van der Waals surface area contributed by atoms with Crippen molar-refractivity contribution in [1.82, 2.24) is 5.32 Å². The molecule has 142 valence electrons. The summed E-state index contributed by atoms with van der Waals surface area (Å²) in [5, 5.41) is 15.8. The highest BCUT2D eigenvalue weighted by Crippen LogP contribution is 2.35. The Kier molecular flexibility index (Phi) is 6.17. The van der Waals surface area contributed by atoms with Crippen molar-refractivity contribution in [3.8, 4) is 6.07 Å². The second-order valence-electron chi connectivity index (χ2n) is 6.73. The molecule has 0 aliphatic carbocycles. The Morgan fingerprint density at radius 1 is 1.25 bits per heavy atom. The van der Waals surface area contributed by atoms with Gasteiger partial charge in [0, 0.05) is 18.0 Å². The molecule has 6 heteroatoms. The molecular formula is C22H21N3O2S. The van der Waals surface area contributed by atoms with Crippen molar-refractivity contribution in [2.24, 2.45) is 0 Å². The Hall–Kier alpha value is -3.04. The lowest BCUT2D eigenvalue weighted by Crippen LogP contribution is -2.31. The maximum atomic E-state index is 12.4. The average molecular weight is 391 g/mol. The Labute approximate surface area is 168 Å². The fourth-order valence-electron chi connectivity index (χ4n) is 3.18. The number of carbonyl (C=O) groups is 2. The van der Waals surface area contributed by atoms with Gasteiger partial charge in [-0.2, -0.15) is 5.26 Å². The molecule has 2 aromatic rings. The zero-order chi connectivity index (χ0) is 20.1. The lowest BCUT2D eigenvalue weighted by atomic mass is 9.87. The van der Waals surface area contributed by atoms with Gasteiger partial charge in [0.2, 0.25) is 11.8 Å². The number of aryl methyl sites for hydroxylation is 2. The highest BCUT2D eigenvalue weighted by atomic mass is 32.2. The molecule has 3 rings (SSSR count). The van der Waals surface area contributed by atoms with Crippen molar-refractivity contribution >= 4 is 29.3 Å². The van der Waals surface area contributed by atoms with Gasteiger partial charge in [0.05, 0.1) is 22.4 Å². The molecule has 2 amide bonds. The van der Waals surface area contributed by atoms with E-state index in [1.807, 2.05) is 62.4 Å². The maximum Gasteiger partial charge on any atom is 0.234 e. The number of hydrogen-bond acceptors (Lipinski definition) is 4. The summed E-state index contributed by atoms with van der Waals surface area (Å²) in [6.07, 6.45) is 0.228. The van der Waals surface area contributed by atoms with Crippen molar-refractivity contribution in [1.29, 1.82) is 5.26 Å². The molecule has 2 aromatic carbocycles. The number of thioether (sulfide) groups is 1. The molecule has 5 nitrogen and oxygen atoms in total. The molecule has 2 N–H and O–H groups in total. The summed E-state index contributed by atoms with van der Waals surface area (Å²) in [5.74, 6) is -0.511. The summed E-state index contributed by atoms with van der Waals surface area (Å²) in [5.41, 5.74) is 4.30. The minimum absolute atomic E-state index is 0.107. The van der Waals surface area contributed by atoms with Gasteiger partial charge >= 0.3 is 0 Å². The second kappa shape index (κ2) is 8.77. The van der Waals surface area contributed by atoms with E-state index in [1.54, 1.807) is 0 Å². The monoisotopic (exact) mass is 391 g/mol. The molecule has 0 aromatic heterocycles. The van der Waals surface area contributed by atoms with Crippen molar-refractivity contribution < 1.29 is 9.59 Å². The van der Waals surface area contributed by atoms with E-state index in [-0.39, 0.29) is 29.9 Å². The number of carbonyl (C=O) groups excluding carboxylic acids is 2. The van der Waals surface area contributed by atoms with Crippen molar-refractivity contribution in [3.05, 3.63) is 75.8 Å². The fourth-order valence-corrected chi connectivity index (χ4v) is 4.06. The van der Waals surface area contributed by atoms with E-state index in [4.69, 9.17) is 0 Å². The zero-order valence-electron chi connectivity index (χ0n) is 15.8. The number of anilines is 1. The third-order valence-electron chi connectivity index (χ3n) is 4.56. The van der Waals surface area contributed by atoms with Crippen molar-refractivity contribution in [2.75, 3.05) is 11.1 Å². The van der Waals surface area contributed by atoms with Gasteiger partial charge in [0.15, 0.2) is 0 Å². The van der Waals surface area contributed by atoms with Crippen LogP contribution in [0, 0.1) is 25.2 Å². The summed E-state index contributed by atoms with van der Waals surface area (Å²) >= 11 is 1.18. The molecule has 1 atom stereocenters. The molecule has 1 aliphatic rings. The number of amides is 2. The molecule has 1 aliphatic heterocycles. The van der Waals surface area contributed by atoms with E-state index in [9.17, 15) is 14.9 Å². The van der Waals surface area contributed by atoms with Crippen LogP contribution in [0.15, 0.2) is 59.1 Å². The van der Waals surface area contributed by atoms with Crippen molar-refractivity contribution in [3.63, 3.8) is 0 Å². The first-order valence-corrected chi connectivity index (χ1v) is 9.95. The molecule has 0 bridgehead atoms. The number of nitrogens with one attached hydrogen (secondary N) is 2. The van der Waals surface area contributed by atoms with Gasteiger partial charge < -0.3 is 10.6 Å². The van der Waals surface area contributed by atoms with Crippen LogP contribution in [0.3, 0.4) is 0 Å². The van der Waals surface area contributed by atoms with Gasteiger partial charge in [-0.15, -0.1) is 0 Å². The summed E-state index contributed by atoms with van der Waals surface area (Å²) in [4.78, 5) is 24.5. The molecule has 0 radical (unpaired) electrons. The van der Waals surface area contributed by atoms with E-state index < -0.39 is 0 Å². The summed E-state index contributed by atoms with van der Waals surface area (Å²) in [6, 6.07) is 17.6. The number of nitriles is 1. The van der Waals surface area contributed by atoms with Crippen LogP contribution in [-0.2, 0) is 9.59 Å². The predicted molar refractivity (Wildman–Crippen MR) is 112 cm³/mol. The molecule has 1 unspecified atom stereocenters. The van der Waals surface area contributed by atoms with Gasteiger partial charge in [0.25, 0.3) is 0 Å². The van der Waals surface area contributed by atoms with Crippen LogP contribution < -0.4 is 10.6 Å². The van der Waals surface area contributed by atoms with Crippen LogP contribution >= 0.6 is 11.8 Å². The van der Waals surface area contributed by atoms with Gasteiger partial charge in [-0.25, -0.2) is 0 Å². The minimum atomic E-state index is -0.287. The number of allylic oxidation sites excluding steroid dienone is 1. The Morgan fingerprint density at radius 2 is 2.00 bits per heavy atom. The normalized spacial score (nSPS) is 16.3. The van der Waals surface area contributed by atoms with Gasteiger partial charge in [0.1, 0.15) is 0 Å². The van der Waals surface area contributed by atoms with E-state index in [1.165, 1.54) is 11.8 Å². The first-order valence-electron chi connectivity index (χ1n) is 8.97. The second-order valence-corrected chi connectivity index (χ2v) is 7.71. The van der Waals surface area contributed by atoms with Crippen LogP contribution in [0.5, 0.6) is 0 Å². The zero-order valence-corrected chi connectivity index (χ0v) is 16.6. The van der Waals surface area contributed by atoms with Crippen molar-refractivity contribution in [2.45, 2.75) is 26.2 Å². The van der Waals surface area contributed by atoms with E-state index in [0.717, 1.165) is 22.4 Å². The Morgan fingerprint density at radius 3 is 2.68 bits per heavy atom. The average Bonchev–Trinajstić information content (AvgIpc) is 2.68. The molecule has 0 spiro atoms. The molecule has 0 saturated heterocycles. The largest absolute Gasteiger partial charge is 0.325 e. The van der Waals surface area contributed by atoms with Crippen LogP contribution in [0.2, 0.25) is 0 Å². The first-order chi connectivity index (χ1) is 13.5. The highest BCUT2D eigenvalue weighted by Gasteiger charge is 2.29. The highest BCUT2D eigenvalue weighted by molar-refractivity contribution is 8.03. The molecule has 0 saturated carbocycles. The number of benzene rings is 2. The maximum absolute atomic E-state index is 12.4. The van der Waals surface area contributed by atoms with E-state index >= 15 is 0 Å². The summed E-state index contributed by atoms with van der Waals surface area (Å²) in [6.45, 7) is 3.94. The lowest BCUT2D eigenvalue weighted by molar-refractivity contribution is -0.121. The molecule has 1 heterocycles. The molecule has 0 fully saturated rings. The van der Waals surface area contributed by atoms with E-state index in [0.29, 0.717) is 10.6 Å². The van der Waals surface area contributed by atoms with Crippen LogP contribution in [0.1, 0.15) is 29.0 Å². The van der Waals surface area contributed by atoms with Crippen LogP contribution in [0.25, 0.3) is 0 Å². The number of rotatable bonds is 5. The van der Waals surface area contributed by atoms with Crippen LogP contribution in [-0.4, -0.2) is 17.6 Å². The number of nitrogens with zero attached hydrogens (tertiary/aromatic N) is 1. The van der Waals surface area contributed by atoms with Crippen LogP contribution in [0.4, 0.5) is 5.69 Å². The third kappa shape index (κ3) is 4.62. The molecular weight excluding hydrogens is 370 g/mol. The standard InChI is InChI=1S/C22H21N3O2S/c1-14-8-9-19(15(2)10-14)24-21(27)13-28-22-18(12-23)17(11-20(26)25-22)16-6-4-3-5-7-16/h3-10,17H,11,13H2,1-2H3,(H,24,27)(H,25,26). The minimum Gasteiger partial charge on any atom is -0.325 e. The third-order valence-corrected chi connectivity index (χ3v) is 5.58. The fraction of sp³-hybridized carbons (Fsp3) is 0.227. The lowest BCUT2D eigenvalue weighted by Gasteiger charge is -2.25. The quantitative estimate of drug-likeness (QED) is 0.807. The number of hydrogen-bond donors (Lipinski definition) is 2. The molecule has 28 heavy (non-hydrogen) atoms. The predicted octanol–water partition coefficient (Wildman–Crippen LogP) is 4.01. The SMILES string of the molecule is Cc1ccc(NC(=O)CSC2=C(C#N)C(c3ccccc3)CC(=O)N2)c(C)c1.